The van der Waals surface area contributed by atoms with Crippen LogP contribution in [0, 0.1) is 13.8 Å². The quantitative estimate of drug-likeness (QED) is 0.775. The molecule has 0 aromatic heterocycles. The van der Waals surface area contributed by atoms with Crippen molar-refractivity contribution >= 4 is 5.91 Å². The monoisotopic (exact) mass is 218 g/mol. The Kier molecular flexibility index (Phi) is 3.25. The average molecular weight is 218 g/mol. The van der Waals surface area contributed by atoms with Crippen LogP contribution in [0.1, 0.15) is 16.7 Å². The molecule has 0 spiro atoms. The Morgan fingerprint density at radius 1 is 1.38 bits per heavy atom. The minimum Gasteiger partial charge on any atom is -0.353 e. The molecule has 3 heteroatoms. The van der Waals surface area contributed by atoms with Crippen molar-refractivity contribution in [2.24, 2.45) is 0 Å². The van der Waals surface area contributed by atoms with Crippen molar-refractivity contribution < 1.29 is 4.79 Å². The van der Waals surface area contributed by atoms with Gasteiger partial charge in [-0.25, -0.2) is 0 Å². The first-order chi connectivity index (χ1) is 7.66. The number of amides is 1. The first-order valence-corrected chi connectivity index (χ1v) is 5.72. The molecule has 0 bridgehead atoms. The number of aryl methyl sites for hydroxylation is 1. The van der Waals surface area contributed by atoms with Crippen molar-refractivity contribution in [2.75, 3.05) is 13.1 Å². The van der Waals surface area contributed by atoms with Crippen LogP contribution in [0.2, 0.25) is 0 Å². The first-order valence-electron chi connectivity index (χ1n) is 5.72. The lowest BCUT2D eigenvalue weighted by Gasteiger charge is -2.24. The summed E-state index contributed by atoms with van der Waals surface area (Å²) < 4.78 is 0. The summed E-state index contributed by atoms with van der Waals surface area (Å²) >= 11 is 0. The van der Waals surface area contributed by atoms with Gasteiger partial charge in [-0.1, -0.05) is 18.2 Å². The van der Waals surface area contributed by atoms with Gasteiger partial charge in [-0.3, -0.25) is 4.79 Å². The standard InChI is InChI=1S/C13H18N2O/c1-9-4-3-5-11(10(9)2)6-12-7-15-13(16)8-14-12/h3-5,12,14H,6-8H2,1-2H3,(H,15,16). The highest BCUT2D eigenvalue weighted by Gasteiger charge is 2.17. The average Bonchev–Trinajstić information content (AvgIpc) is 2.28. The molecule has 1 aliphatic heterocycles. The van der Waals surface area contributed by atoms with Gasteiger partial charge >= 0.3 is 0 Å². The normalized spacial score (nSPS) is 20.6. The van der Waals surface area contributed by atoms with E-state index >= 15 is 0 Å². The maximum atomic E-state index is 11.0. The lowest BCUT2D eigenvalue weighted by molar-refractivity contribution is -0.121. The number of benzene rings is 1. The summed E-state index contributed by atoms with van der Waals surface area (Å²) in [6.07, 6.45) is 0.980. The highest BCUT2D eigenvalue weighted by molar-refractivity contribution is 5.78. The molecule has 2 rings (SSSR count). The molecular formula is C13H18N2O. The van der Waals surface area contributed by atoms with E-state index in [9.17, 15) is 4.79 Å². The van der Waals surface area contributed by atoms with Gasteiger partial charge < -0.3 is 10.6 Å². The highest BCUT2D eigenvalue weighted by Crippen LogP contribution is 2.14. The predicted molar refractivity (Wildman–Crippen MR) is 64.4 cm³/mol. The molecule has 1 fully saturated rings. The van der Waals surface area contributed by atoms with Crippen LogP contribution in [0.4, 0.5) is 0 Å². The lowest BCUT2D eigenvalue weighted by atomic mass is 9.97. The zero-order chi connectivity index (χ0) is 11.5. The molecule has 2 N–H and O–H groups in total. The molecule has 1 saturated heterocycles. The fourth-order valence-corrected chi connectivity index (χ4v) is 2.05. The Hall–Kier alpha value is -1.35. The van der Waals surface area contributed by atoms with Crippen molar-refractivity contribution in [3.63, 3.8) is 0 Å². The number of rotatable bonds is 2. The number of carbonyl (C=O) groups is 1. The first kappa shape index (κ1) is 11.1. The van der Waals surface area contributed by atoms with Gasteiger partial charge in [0, 0.05) is 12.6 Å². The van der Waals surface area contributed by atoms with Crippen molar-refractivity contribution in [1.82, 2.24) is 10.6 Å². The van der Waals surface area contributed by atoms with Gasteiger partial charge in [0.15, 0.2) is 0 Å². The summed E-state index contributed by atoms with van der Waals surface area (Å²) in [5.74, 6) is 0.0946. The summed E-state index contributed by atoms with van der Waals surface area (Å²) in [7, 11) is 0. The van der Waals surface area contributed by atoms with Gasteiger partial charge in [-0.05, 0) is 37.0 Å². The third kappa shape index (κ3) is 2.42. The smallest absolute Gasteiger partial charge is 0.234 e. The maximum absolute atomic E-state index is 11.0. The molecule has 1 aliphatic rings. The van der Waals surface area contributed by atoms with Crippen LogP contribution in [0.3, 0.4) is 0 Å². The summed E-state index contributed by atoms with van der Waals surface area (Å²) in [6.45, 7) is 5.46. The zero-order valence-electron chi connectivity index (χ0n) is 9.84. The van der Waals surface area contributed by atoms with Gasteiger partial charge in [0.1, 0.15) is 0 Å². The SMILES string of the molecule is Cc1cccc(CC2CNC(=O)CN2)c1C. The van der Waals surface area contributed by atoms with Gasteiger partial charge in [-0.2, -0.15) is 0 Å². The van der Waals surface area contributed by atoms with Crippen LogP contribution in [0.5, 0.6) is 0 Å². The van der Waals surface area contributed by atoms with Crippen molar-refractivity contribution in [3.8, 4) is 0 Å². The summed E-state index contributed by atoms with van der Waals surface area (Å²) in [5.41, 5.74) is 4.06. The number of carbonyl (C=O) groups excluding carboxylic acids is 1. The fraction of sp³-hybridized carbons (Fsp3) is 0.462. The van der Waals surface area contributed by atoms with E-state index in [4.69, 9.17) is 0 Å². The van der Waals surface area contributed by atoms with Crippen LogP contribution < -0.4 is 10.6 Å². The molecular weight excluding hydrogens is 200 g/mol. The molecule has 16 heavy (non-hydrogen) atoms. The Labute approximate surface area is 96.2 Å². The summed E-state index contributed by atoms with van der Waals surface area (Å²) in [6, 6.07) is 6.76. The molecule has 1 atom stereocenters. The van der Waals surface area contributed by atoms with E-state index in [1.54, 1.807) is 0 Å². The van der Waals surface area contributed by atoms with Crippen LogP contribution in [-0.2, 0) is 11.2 Å². The Bertz CT molecular complexity index is 391. The second kappa shape index (κ2) is 4.66. The maximum Gasteiger partial charge on any atom is 0.234 e. The number of hydrogen-bond acceptors (Lipinski definition) is 2. The van der Waals surface area contributed by atoms with Gasteiger partial charge in [0.2, 0.25) is 5.91 Å². The van der Waals surface area contributed by atoms with Crippen molar-refractivity contribution in [1.29, 1.82) is 0 Å². The molecule has 1 aromatic rings. The number of piperazine rings is 1. The minimum absolute atomic E-state index is 0.0946. The molecule has 0 aliphatic carbocycles. The van der Waals surface area contributed by atoms with E-state index in [-0.39, 0.29) is 5.91 Å². The molecule has 1 heterocycles. The molecule has 3 nitrogen and oxygen atoms in total. The zero-order valence-corrected chi connectivity index (χ0v) is 9.84. The Morgan fingerprint density at radius 3 is 2.88 bits per heavy atom. The van der Waals surface area contributed by atoms with Gasteiger partial charge in [0.25, 0.3) is 0 Å². The fourth-order valence-electron chi connectivity index (χ4n) is 2.05. The molecule has 0 saturated carbocycles. The van der Waals surface area contributed by atoms with Gasteiger partial charge in [0.05, 0.1) is 6.54 Å². The molecule has 1 amide bonds. The highest BCUT2D eigenvalue weighted by atomic mass is 16.2. The van der Waals surface area contributed by atoms with E-state index in [1.807, 2.05) is 0 Å². The van der Waals surface area contributed by atoms with E-state index in [1.165, 1.54) is 16.7 Å². The molecule has 1 unspecified atom stereocenters. The van der Waals surface area contributed by atoms with Gasteiger partial charge in [-0.15, -0.1) is 0 Å². The lowest BCUT2D eigenvalue weighted by Crippen LogP contribution is -2.52. The van der Waals surface area contributed by atoms with E-state index < -0.39 is 0 Å². The topological polar surface area (TPSA) is 41.1 Å². The second-order valence-corrected chi connectivity index (χ2v) is 4.45. The third-order valence-corrected chi connectivity index (χ3v) is 3.28. The summed E-state index contributed by atoms with van der Waals surface area (Å²) in [5, 5.41) is 6.14. The van der Waals surface area contributed by atoms with Crippen LogP contribution in [0.25, 0.3) is 0 Å². The van der Waals surface area contributed by atoms with Crippen LogP contribution in [0.15, 0.2) is 18.2 Å². The molecule has 0 radical (unpaired) electrons. The number of hydrogen-bond donors (Lipinski definition) is 2. The molecule has 1 aromatic carbocycles. The summed E-state index contributed by atoms with van der Waals surface area (Å²) in [4.78, 5) is 11.0. The Balaban J connectivity index is 2.04. The predicted octanol–water partition coefficient (Wildman–Crippen LogP) is 0.934. The third-order valence-electron chi connectivity index (χ3n) is 3.28. The largest absolute Gasteiger partial charge is 0.353 e. The molecule has 86 valence electrons. The van der Waals surface area contributed by atoms with Crippen LogP contribution in [-0.4, -0.2) is 25.0 Å². The van der Waals surface area contributed by atoms with E-state index in [2.05, 4.69) is 42.7 Å². The Morgan fingerprint density at radius 2 is 2.19 bits per heavy atom. The van der Waals surface area contributed by atoms with Crippen molar-refractivity contribution in [2.45, 2.75) is 26.3 Å². The van der Waals surface area contributed by atoms with E-state index in [0.717, 1.165) is 13.0 Å². The van der Waals surface area contributed by atoms with Crippen molar-refractivity contribution in [3.05, 3.63) is 34.9 Å². The number of nitrogens with one attached hydrogen (secondary N) is 2. The minimum atomic E-state index is 0.0946. The second-order valence-electron chi connectivity index (χ2n) is 4.45. The van der Waals surface area contributed by atoms with Crippen LogP contribution >= 0.6 is 0 Å². The van der Waals surface area contributed by atoms with E-state index in [0.29, 0.717) is 12.6 Å².